The molecular weight excluding hydrogens is 380 g/mol. The van der Waals surface area contributed by atoms with Gasteiger partial charge in [0.25, 0.3) is 5.91 Å². The minimum absolute atomic E-state index is 0.0229. The zero-order chi connectivity index (χ0) is 21.7. The molecule has 160 valence electrons. The number of rotatable bonds is 5. The molecule has 1 saturated heterocycles. The fourth-order valence-corrected chi connectivity index (χ4v) is 3.72. The van der Waals surface area contributed by atoms with Crippen LogP contribution in [0, 0.1) is 0 Å². The number of benzene rings is 2. The van der Waals surface area contributed by atoms with Crippen LogP contribution in [0.5, 0.6) is 0 Å². The Morgan fingerprint density at radius 1 is 1.13 bits per heavy atom. The van der Waals surface area contributed by atoms with Crippen LogP contribution >= 0.6 is 0 Å². The topological polar surface area (TPSA) is 59.1 Å². The third-order valence-corrected chi connectivity index (χ3v) is 5.10. The minimum atomic E-state index is -0.574. The highest BCUT2D eigenvalue weighted by Crippen LogP contribution is 2.23. The quantitative estimate of drug-likeness (QED) is 0.540. The number of fused-ring (bicyclic) bond motifs is 1. The summed E-state index contributed by atoms with van der Waals surface area (Å²) in [4.78, 5) is 29.6. The van der Waals surface area contributed by atoms with E-state index in [1.165, 1.54) is 6.26 Å². The van der Waals surface area contributed by atoms with Crippen LogP contribution in [0.3, 0.4) is 0 Å². The van der Waals surface area contributed by atoms with Crippen LogP contribution in [-0.4, -0.2) is 59.7 Å². The summed E-state index contributed by atoms with van der Waals surface area (Å²) in [6.45, 7) is 10.8. The van der Waals surface area contributed by atoms with Gasteiger partial charge >= 0.3 is 6.09 Å². The maximum atomic E-state index is 13.3. The van der Waals surface area contributed by atoms with E-state index in [1.807, 2.05) is 68.1 Å². The van der Waals surface area contributed by atoms with E-state index in [2.05, 4.69) is 6.58 Å². The fourth-order valence-electron chi connectivity index (χ4n) is 3.72. The molecule has 0 saturated carbocycles. The largest absolute Gasteiger partial charge is 0.502 e. The minimum Gasteiger partial charge on any atom is -0.502 e. The number of nitrogens with zero attached hydrogens (tertiary/aromatic N) is 2. The molecule has 2 amide bonds. The van der Waals surface area contributed by atoms with Gasteiger partial charge in [-0.1, -0.05) is 43.0 Å². The Morgan fingerprint density at radius 3 is 2.60 bits per heavy atom. The molecule has 1 atom stereocenters. The number of piperazine rings is 1. The normalized spacial score (nSPS) is 17.0. The van der Waals surface area contributed by atoms with Crippen molar-refractivity contribution < 1.29 is 19.1 Å². The summed E-state index contributed by atoms with van der Waals surface area (Å²) in [5.41, 5.74) is 0.106. The van der Waals surface area contributed by atoms with E-state index >= 15 is 0 Å². The number of ether oxygens (including phenoxy) is 2. The van der Waals surface area contributed by atoms with E-state index in [0.717, 1.165) is 10.8 Å². The van der Waals surface area contributed by atoms with Crippen LogP contribution in [0.4, 0.5) is 4.79 Å². The first-order chi connectivity index (χ1) is 14.3. The molecule has 1 heterocycles. The molecule has 6 nitrogen and oxygen atoms in total. The molecule has 0 N–H and O–H groups in total. The maximum absolute atomic E-state index is 13.3. The summed E-state index contributed by atoms with van der Waals surface area (Å²) in [5.74, 6) is -0.0229. The van der Waals surface area contributed by atoms with Gasteiger partial charge in [-0.3, -0.25) is 4.79 Å². The van der Waals surface area contributed by atoms with Gasteiger partial charge in [0.15, 0.2) is 0 Å². The number of hydrogen-bond acceptors (Lipinski definition) is 4. The summed E-state index contributed by atoms with van der Waals surface area (Å²) in [7, 11) is 0. The second-order valence-electron chi connectivity index (χ2n) is 8.43. The SMILES string of the molecule is C=COCC[C@H]1CN(C(=O)c2cccc3ccccc23)CCN1C(=O)OC(C)(C)C. The van der Waals surface area contributed by atoms with Crippen molar-refractivity contribution in [3.05, 3.63) is 60.9 Å². The molecule has 6 heteroatoms. The lowest BCUT2D eigenvalue weighted by molar-refractivity contribution is -0.00433. The third kappa shape index (κ3) is 5.12. The van der Waals surface area contributed by atoms with Gasteiger partial charge in [0.2, 0.25) is 0 Å². The lowest BCUT2D eigenvalue weighted by atomic mass is 10.0. The molecule has 3 rings (SSSR count). The van der Waals surface area contributed by atoms with Crippen LogP contribution in [-0.2, 0) is 9.47 Å². The summed E-state index contributed by atoms with van der Waals surface area (Å²) in [5, 5.41) is 1.97. The predicted molar refractivity (Wildman–Crippen MR) is 117 cm³/mol. The second kappa shape index (κ2) is 9.20. The van der Waals surface area contributed by atoms with Crippen molar-refractivity contribution in [1.29, 1.82) is 0 Å². The molecule has 0 aliphatic carbocycles. The molecule has 1 aliphatic rings. The Bertz CT molecular complexity index is 914. The Balaban J connectivity index is 1.79. The first-order valence-electron chi connectivity index (χ1n) is 10.3. The average Bonchev–Trinajstić information content (AvgIpc) is 2.71. The number of hydrogen-bond donors (Lipinski definition) is 0. The first kappa shape index (κ1) is 21.7. The Kier molecular flexibility index (Phi) is 6.65. The van der Waals surface area contributed by atoms with Crippen LogP contribution in [0.2, 0.25) is 0 Å². The molecule has 0 unspecified atom stereocenters. The lowest BCUT2D eigenvalue weighted by Crippen LogP contribution is -2.57. The molecule has 0 aromatic heterocycles. The Hall–Kier alpha value is -3.02. The molecule has 1 fully saturated rings. The van der Waals surface area contributed by atoms with Crippen LogP contribution in [0.15, 0.2) is 55.3 Å². The van der Waals surface area contributed by atoms with E-state index in [0.29, 0.717) is 38.2 Å². The molecule has 0 radical (unpaired) electrons. The van der Waals surface area contributed by atoms with E-state index in [-0.39, 0.29) is 18.0 Å². The molecule has 30 heavy (non-hydrogen) atoms. The smallest absolute Gasteiger partial charge is 0.410 e. The van der Waals surface area contributed by atoms with Gasteiger partial charge in [-0.25, -0.2) is 4.79 Å². The predicted octanol–water partition coefficient (Wildman–Crippen LogP) is 4.45. The van der Waals surface area contributed by atoms with E-state index in [9.17, 15) is 9.59 Å². The Labute approximate surface area is 178 Å². The second-order valence-corrected chi connectivity index (χ2v) is 8.43. The fraction of sp³-hybridized carbons (Fsp3) is 0.417. The van der Waals surface area contributed by atoms with Gasteiger partial charge in [-0.05, 0) is 37.6 Å². The highest BCUT2D eigenvalue weighted by Gasteiger charge is 2.35. The van der Waals surface area contributed by atoms with Gasteiger partial charge < -0.3 is 19.3 Å². The number of carbonyl (C=O) groups is 2. The van der Waals surface area contributed by atoms with Crippen molar-refractivity contribution in [3.63, 3.8) is 0 Å². The molecule has 0 spiro atoms. The van der Waals surface area contributed by atoms with Gasteiger partial charge in [-0.2, -0.15) is 0 Å². The Morgan fingerprint density at radius 2 is 1.87 bits per heavy atom. The highest BCUT2D eigenvalue weighted by molar-refractivity contribution is 6.07. The van der Waals surface area contributed by atoms with Gasteiger partial charge in [0.1, 0.15) is 5.60 Å². The van der Waals surface area contributed by atoms with Gasteiger partial charge in [0, 0.05) is 31.6 Å². The van der Waals surface area contributed by atoms with Gasteiger partial charge in [-0.15, -0.1) is 0 Å². The van der Waals surface area contributed by atoms with Gasteiger partial charge in [0.05, 0.1) is 18.9 Å². The van der Waals surface area contributed by atoms with Crippen LogP contribution < -0.4 is 0 Å². The van der Waals surface area contributed by atoms with Crippen LogP contribution in [0.25, 0.3) is 10.8 Å². The van der Waals surface area contributed by atoms with E-state index in [4.69, 9.17) is 9.47 Å². The molecule has 1 aliphatic heterocycles. The number of amides is 2. The summed E-state index contributed by atoms with van der Waals surface area (Å²) >= 11 is 0. The standard InChI is InChI=1S/C24H30N2O4/c1-5-29-16-13-19-17-25(14-15-26(19)23(28)30-24(2,3)4)22(27)21-12-8-10-18-9-6-7-11-20(18)21/h5-12,19H,1,13-17H2,2-4H3/t19-/m0/s1. The molecule has 2 aromatic carbocycles. The summed E-state index contributed by atoms with van der Waals surface area (Å²) in [6.07, 6.45) is 1.62. The van der Waals surface area contributed by atoms with Crippen molar-refractivity contribution in [2.45, 2.75) is 38.8 Å². The van der Waals surface area contributed by atoms with E-state index < -0.39 is 5.60 Å². The van der Waals surface area contributed by atoms with Crippen molar-refractivity contribution in [3.8, 4) is 0 Å². The van der Waals surface area contributed by atoms with Crippen LogP contribution in [0.1, 0.15) is 37.6 Å². The summed E-state index contributed by atoms with van der Waals surface area (Å²) in [6, 6.07) is 13.5. The lowest BCUT2D eigenvalue weighted by Gasteiger charge is -2.41. The van der Waals surface area contributed by atoms with E-state index in [1.54, 1.807) is 4.90 Å². The molecule has 0 bridgehead atoms. The van der Waals surface area contributed by atoms with Crippen molar-refractivity contribution in [1.82, 2.24) is 9.80 Å². The van der Waals surface area contributed by atoms with Crippen molar-refractivity contribution >= 4 is 22.8 Å². The molecule has 2 aromatic rings. The zero-order valence-corrected chi connectivity index (χ0v) is 18.0. The molecular formula is C24H30N2O4. The maximum Gasteiger partial charge on any atom is 0.410 e. The summed E-state index contributed by atoms with van der Waals surface area (Å²) < 4.78 is 10.9. The number of carbonyl (C=O) groups excluding carboxylic acids is 2. The zero-order valence-electron chi connectivity index (χ0n) is 18.0. The highest BCUT2D eigenvalue weighted by atomic mass is 16.6. The van der Waals surface area contributed by atoms with Crippen molar-refractivity contribution in [2.75, 3.05) is 26.2 Å². The third-order valence-electron chi connectivity index (χ3n) is 5.10. The van der Waals surface area contributed by atoms with Crippen molar-refractivity contribution in [2.24, 2.45) is 0 Å². The monoisotopic (exact) mass is 410 g/mol. The average molecular weight is 411 g/mol. The first-order valence-corrected chi connectivity index (χ1v) is 10.3.